The largest absolute Gasteiger partial charge is 0.508 e. The molecule has 0 spiro atoms. The monoisotopic (exact) mass is 540 g/mol. The van der Waals surface area contributed by atoms with Crippen molar-refractivity contribution in [3.05, 3.63) is 89.5 Å². The molecule has 206 valence electrons. The number of methoxy groups -OCH3 is 1. The first kappa shape index (κ1) is 27.9. The van der Waals surface area contributed by atoms with Crippen LogP contribution in [0.5, 0.6) is 17.2 Å². The summed E-state index contributed by atoms with van der Waals surface area (Å²) in [7, 11) is 1.42. The number of ether oxygens (including phenoxy) is 5. The highest BCUT2D eigenvalue weighted by Gasteiger charge is 2.45. The first-order chi connectivity index (χ1) is 18.8. The van der Waals surface area contributed by atoms with Gasteiger partial charge in [-0.1, -0.05) is 30.3 Å². The number of aliphatic hydroxyl groups excluding tert-OH is 3. The SMILES string of the molecule is COc1ccccc1C(=O)OCc1cc(O)ccc1O[C@@H]1O[C@H](COC(=O)c2ccccc2)[C@@H](O)[C@H](O)[C@H]1O. The highest BCUT2D eigenvalue weighted by molar-refractivity contribution is 5.92. The smallest absolute Gasteiger partial charge is 0.342 e. The Balaban J connectivity index is 1.45. The molecule has 0 aromatic heterocycles. The summed E-state index contributed by atoms with van der Waals surface area (Å²) in [5.41, 5.74) is 0.702. The van der Waals surface area contributed by atoms with Gasteiger partial charge < -0.3 is 44.1 Å². The van der Waals surface area contributed by atoms with Crippen LogP contribution in [0, 0.1) is 0 Å². The molecule has 4 N–H and O–H groups in total. The predicted molar refractivity (Wildman–Crippen MR) is 134 cm³/mol. The average molecular weight is 541 g/mol. The number of rotatable bonds is 9. The molecular formula is C28H28O11. The summed E-state index contributed by atoms with van der Waals surface area (Å²) in [5, 5.41) is 41.2. The van der Waals surface area contributed by atoms with Gasteiger partial charge in [-0.2, -0.15) is 0 Å². The van der Waals surface area contributed by atoms with E-state index in [1.54, 1.807) is 48.5 Å². The molecule has 0 amide bonds. The number of aliphatic hydroxyl groups is 3. The molecule has 3 aromatic rings. The third-order valence-corrected chi connectivity index (χ3v) is 6.03. The normalized spacial score (nSPS) is 22.5. The molecule has 5 atom stereocenters. The summed E-state index contributed by atoms with van der Waals surface area (Å²) in [6.45, 7) is -0.760. The second-order valence-electron chi connectivity index (χ2n) is 8.67. The predicted octanol–water partition coefficient (Wildman–Crippen LogP) is 1.80. The van der Waals surface area contributed by atoms with Crippen molar-refractivity contribution in [3.8, 4) is 17.2 Å². The summed E-state index contributed by atoms with van der Waals surface area (Å²) in [5.74, 6) is -1.11. The molecule has 0 aliphatic carbocycles. The number of para-hydroxylation sites is 1. The Bertz CT molecular complexity index is 1280. The molecule has 39 heavy (non-hydrogen) atoms. The van der Waals surface area contributed by atoms with Crippen LogP contribution in [0.2, 0.25) is 0 Å². The first-order valence-corrected chi connectivity index (χ1v) is 12.0. The van der Waals surface area contributed by atoms with E-state index in [4.69, 9.17) is 23.7 Å². The van der Waals surface area contributed by atoms with Gasteiger partial charge in [0.1, 0.15) is 60.4 Å². The Morgan fingerprint density at radius 2 is 1.54 bits per heavy atom. The van der Waals surface area contributed by atoms with Gasteiger partial charge in [-0.15, -0.1) is 0 Å². The highest BCUT2D eigenvalue weighted by Crippen LogP contribution is 2.30. The lowest BCUT2D eigenvalue weighted by Crippen LogP contribution is -2.60. The van der Waals surface area contributed by atoms with Crippen molar-refractivity contribution in [1.29, 1.82) is 0 Å². The molecule has 1 heterocycles. The van der Waals surface area contributed by atoms with Crippen LogP contribution < -0.4 is 9.47 Å². The molecule has 0 unspecified atom stereocenters. The highest BCUT2D eigenvalue weighted by atomic mass is 16.7. The average Bonchev–Trinajstić information content (AvgIpc) is 2.96. The van der Waals surface area contributed by atoms with E-state index in [-0.39, 0.29) is 34.8 Å². The van der Waals surface area contributed by atoms with Crippen LogP contribution in [-0.2, 0) is 20.8 Å². The summed E-state index contributed by atoms with van der Waals surface area (Å²) >= 11 is 0. The van der Waals surface area contributed by atoms with Crippen LogP contribution in [0.25, 0.3) is 0 Å². The fraction of sp³-hybridized carbons (Fsp3) is 0.286. The fourth-order valence-corrected chi connectivity index (χ4v) is 3.92. The van der Waals surface area contributed by atoms with Gasteiger partial charge in [0.25, 0.3) is 0 Å². The Kier molecular flexibility index (Phi) is 8.99. The Morgan fingerprint density at radius 1 is 0.821 bits per heavy atom. The van der Waals surface area contributed by atoms with Gasteiger partial charge in [-0.05, 0) is 42.5 Å². The maximum absolute atomic E-state index is 12.6. The minimum Gasteiger partial charge on any atom is -0.508 e. The first-order valence-electron chi connectivity index (χ1n) is 12.0. The third kappa shape index (κ3) is 6.65. The number of phenolic OH excluding ortho intramolecular Hbond substituents is 1. The van der Waals surface area contributed by atoms with Gasteiger partial charge >= 0.3 is 11.9 Å². The lowest BCUT2D eigenvalue weighted by molar-refractivity contribution is -0.277. The number of aromatic hydroxyl groups is 1. The number of phenols is 1. The summed E-state index contributed by atoms with van der Waals surface area (Å²) < 4.78 is 27.2. The van der Waals surface area contributed by atoms with Crippen LogP contribution in [0.15, 0.2) is 72.8 Å². The molecule has 1 fully saturated rings. The number of carbonyl (C=O) groups is 2. The van der Waals surface area contributed by atoms with Gasteiger partial charge in [-0.25, -0.2) is 9.59 Å². The summed E-state index contributed by atoms with van der Waals surface area (Å²) in [6.07, 6.45) is -7.68. The van der Waals surface area contributed by atoms with Gasteiger partial charge in [0.15, 0.2) is 0 Å². The second kappa shape index (κ2) is 12.6. The number of hydrogen-bond donors (Lipinski definition) is 4. The molecule has 11 nitrogen and oxygen atoms in total. The molecule has 0 saturated carbocycles. The third-order valence-electron chi connectivity index (χ3n) is 6.03. The standard InChI is InChI=1S/C28H28O11/c1-35-21-10-6-5-9-19(21)27(34)36-14-17-13-18(29)11-12-20(17)38-28-25(32)24(31)23(30)22(39-28)15-37-26(33)16-7-3-2-4-8-16/h2-13,22-25,28-32H,14-15H2,1H3/t22-,23-,24+,25-,28-/m1/s1. The molecular weight excluding hydrogens is 512 g/mol. The van der Waals surface area contributed by atoms with Crippen molar-refractivity contribution in [3.63, 3.8) is 0 Å². The maximum atomic E-state index is 12.6. The van der Waals surface area contributed by atoms with E-state index in [1.807, 2.05) is 0 Å². The number of esters is 2. The minimum absolute atomic E-state index is 0.0632. The van der Waals surface area contributed by atoms with E-state index in [2.05, 4.69) is 0 Å². The second-order valence-corrected chi connectivity index (χ2v) is 8.67. The molecule has 11 heteroatoms. The van der Waals surface area contributed by atoms with Crippen molar-refractivity contribution < 1.29 is 53.7 Å². The lowest BCUT2D eigenvalue weighted by Gasteiger charge is -2.40. The Labute approximate surface area is 223 Å². The van der Waals surface area contributed by atoms with Crippen LogP contribution in [-0.4, -0.2) is 76.8 Å². The van der Waals surface area contributed by atoms with Crippen LogP contribution in [0.4, 0.5) is 0 Å². The van der Waals surface area contributed by atoms with E-state index >= 15 is 0 Å². The van der Waals surface area contributed by atoms with E-state index in [9.17, 15) is 30.0 Å². The van der Waals surface area contributed by atoms with Crippen LogP contribution in [0.3, 0.4) is 0 Å². The Hall–Kier alpha value is -4.16. The van der Waals surface area contributed by atoms with Gasteiger partial charge in [0.2, 0.25) is 6.29 Å². The van der Waals surface area contributed by atoms with Gasteiger partial charge in [-0.3, -0.25) is 0 Å². The zero-order chi connectivity index (χ0) is 27.9. The maximum Gasteiger partial charge on any atom is 0.342 e. The van der Waals surface area contributed by atoms with Crippen molar-refractivity contribution in [2.45, 2.75) is 37.3 Å². The zero-order valence-corrected chi connectivity index (χ0v) is 20.9. The fourth-order valence-electron chi connectivity index (χ4n) is 3.92. The minimum atomic E-state index is -1.69. The van der Waals surface area contributed by atoms with Gasteiger partial charge in [0.05, 0.1) is 12.7 Å². The summed E-state index contributed by atoms with van der Waals surface area (Å²) in [4.78, 5) is 24.9. The molecule has 1 aliphatic rings. The molecule has 3 aromatic carbocycles. The Morgan fingerprint density at radius 3 is 2.28 bits per heavy atom. The van der Waals surface area contributed by atoms with E-state index in [1.165, 1.54) is 31.4 Å². The number of carbonyl (C=O) groups excluding carboxylic acids is 2. The number of benzene rings is 3. The van der Waals surface area contributed by atoms with Crippen molar-refractivity contribution in [2.75, 3.05) is 13.7 Å². The molecule has 1 saturated heterocycles. The zero-order valence-electron chi connectivity index (χ0n) is 20.9. The molecule has 4 rings (SSSR count). The molecule has 0 bridgehead atoms. The summed E-state index contributed by atoms with van der Waals surface area (Å²) in [6, 6.07) is 18.6. The molecule has 1 aliphatic heterocycles. The van der Waals surface area contributed by atoms with Gasteiger partial charge in [0, 0.05) is 5.56 Å². The number of hydrogen-bond acceptors (Lipinski definition) is 11. The van der Waals surface area contributed by atoms with Crippen LogP contribution >= 0.6 is 0 Å². The van der Waals surface area contributed by atoms with Crippen molar-refractivity contribution >= 4 is 11.9 Å². The van der Waals surface area contributed by atoms with E-state index in [0.717, 1.165) is 0 Å². The van der Waals surface area contributed by atoms with Crippen LogP contribution in [0.1, 0.15) is 26.3 Å². The van der Waals surface area contributed by atoms with E-state index < -0.39 is 49.3 Å². The topological polar surface area (TPSA) is 161 Å². The van der Waals surface area contributed by atoms with E-state index in [0.29, 0.717) is 5.75 Å². The quantitative estimate of drug-likeness (QED) is 0.293. The van der Waals surface area contributed by atoms with Crippen molar-refractivity contribution in [1.82, 2.24) is 0 Å². The molecule has 0 radical (unpaired) electrons. The lowest BCUT2D eigenvalue weighted by atomic mass is 9.99. The van der Waals surface area contributed by atoms with Crippen molar-refractivity contribution in [2.24, 2.45) is 0 Å².